The molecule has 0 aromatic carbocycles. The predicted molar refractivity (Wildman–Crippen MR) is 46.0 cm³/mol. The fourth-order valence-electron chi connectivity index (χ4n) is 0.979. The molecule has 0 heterocycles. The van der Waals surface area contributed by atoms with E-state index in [1.165, 1.54) is 6.07 Å². The van der Waals surface area contributed by atoms with E-state index in [0.717, 1.165) is 14.0 Å². The number of nitrogens with zero attached hydrogens (tertiary/aromatic N) is 1. The van der Waals surface area contributed by atoms with Crippen molar-refractivity contribution >= 4 is 17.6 Å². The van der Waals surface area contributed by atoms with E-state index < -0.39 is 29.4 Å². The van der Waals surface area contributed by atoms with Crippen LogP contribution in [0.4, 0.5) is 13.2 Å². The van der Waals surface area contributed by atoms with Crippen LogP contribution in [0.5, 0.6) is 0 Å². The van der Waals surface area contributed by atoms with E-state index in [1.54, 1.807) is 0 Å². The van der Waals surface area contributed by atoms with Crippen LogP contribution in [0.2, 0.25) is 0 Å². The number of hydrogen-bond donors (Lipinski definition) is 0. The van der Waals surface area contributed by atoms with Gasteiger partial charge in [0, 0.05) is 5.92 Å². The predicted octanol–water partition coefficient (Wildman–Crippen LogP) is 2.10. The first-order chi connectivity index (χ1) is 6.75. The summed E-state index contributed by atoms with van der Waals surface area (Å²) in [6.07, 6.45) is -4.65. The molecular formula is C8H9ClF3NO2. The minimum Gasteiger partial charge on any atom is -0.468 e. The van der Waals surface area contributed by atoms with E-state index in [1.807, 2.05) is 0 Å². The van der Waals surface area contributed by atoms with Crippen molar-refractivity contribution in [3.05, 3.63) is 0 Å². The second kappa shape index (κ2) is 5.21. The van der Waals surface area contributed by atoms with Crippen LogP contribution in [0.3, 0.4) is 0 Å². The molecule has 0 aliphatic rings. The molecule has 0 aliphatic carbocycles. The molecule has 86 valence electrons. The van der Waals surface area contributed by atoms with E-state index >= 15 is 0 Å². The van der Waals surface area contributed by atoms with Gasteiger partial charge < -0.3 is 4.74 Å². The highest BCUT2D eigenvalue weighted by molar-refractivity contribution is 6.21. The first-order valence-electron chi connectivity index (χ1n) is 3.94. The van der Waals surface area contributed by atoms with Crippen LogP contribution < -0.4 is 0 Å². The van der Waals surface area contributed by atoms with E-state index in [0.29, 0.717) is 0 Å². The maximum Gasteiger partial charge on any atom is 0.405 e. The number of ether oxygens (including phenoxy) is 1. The van der Waals surface area contributed by atoms with Gasteiger partial charge in [0.25, 0.3) is 0 Å². The lowest BCUT2D eigenvalue weighted by Gasteiger charge is -2.22. The number of esters is 1. The monoisotopic (exact) mass is 243 g/mol. The fourth-order valence-corrected chi connectivity index (χ4v) is 1.12. The number of alkyl halides is 4. The molecule has 0 radical (unpaired) electrons. The summed E-state index contributed by atoms with van der Waals surface area (Å²) >= 11 is 5.10. The SMILES string of the molecule is COC(=O)C(C#N)C(C)C(Cl)C(F)(F)F. The molecule has 0 spiro atoms. The number of rotatable bonds is 3. The molecule has 0 N–H and O–H groups in total. The summed E-state index contributed by atoms with van der Waals surface area (Å²) in [6, 6.07) is 1.45. The maximum atomic E-state index is 12.2. The lowest BCUT2D eigenvalue weighted by Crippen LogP contribution is -2.36. The van der Waals surface area contributed by atoms with Gasteiger partial charge >= 0.3 is 12.1 Å². The number of nitriles is 1. The van der Waals surface area contributed by atoms with Gasteiger partial charge in [-0.3, -0.25) is 4.79 Å². The van der Waals surface area contributed by atoms with Gasteiger partial charge in [0.05, 0.1) is 13.2 Å². The van der Waals surface area contributed by atoms with E-state index in [2.05, 4.69) is 4.74 Å². The first-order valence-corrected chi connectivity index (χ1v) is 4.37. The van der Waals surface area contributed by atoms with Crippen LogP contribution in [0.15, 0.2) is 0 Å². The van der Waals surface area contributed by atoms with Gasteiger partial charge in [-0.15, -0.1) is 11.6 Å². The maximum absolute atomic E-state index is 12.2. The molecule has 3 unspecified atom stereocenters. The number of carbonyl (C=O) groups is 1. The Bertz CT molecular complexity index is 274. The summed E-state index contributed by atoms with van der Waals surface area (Å²) in [7, 11) is 0.996. The Balaban J connectivity index is 4.75. The summed E-state index contributed by atoms with van der Waals surface area (Å²) < 4.78 is 40.7. The first kappa shape index (κ1) is 14.0. The topological polar surface area (TPSA) is 50.1 Å². The molecule has 0 fully saturated rings. The summed E-state index contributed by atoms with van der Waals surface area (Å²) in [5, 5.41) is 6.29. The number of hydrogen-bond acceptors (Lipinski definition) is 3. The average Bonchev–Trinajstić information content (AvgIpc) is 2.15. The van der Waals surface area contributed by atoms with Gasteiger partial charge in [-0.1, -0.05) is 6.92 Å². The van der Waals surface area contributed by atoms with Gasteiger partial charge in [-0.05, 0) is 0 Å². The normalized spacial score (nSPS) is 17.4. The molecule has 0 bridgehead atoms. The molecule has 0 aromatic heterocycles. The van der Waals surface area contributed by atoms with Crippen molar-refractivity contribution in [2.45, 2.75) is 18.5 Å². The van der Waals surface area contributed by atoms with Crippen molar-refractivity contribution in [1.82, 2.24) is 0 Å². The summed E-state index contributed by atoms with van der Waals surface area (Å²) in [6.45, 7) is 1.08. The minimum absolute atomic E-state index is 0.996. The standard InChI is InChI=1S/C8H9ClF3NO2/c1-4(6(9)8(10,11)12)5(3-13)7(14)15-2/h4-6H,1-2H3. The van der Waals surface area contributed by atoms with Crippen molar-refractivity contribution in [3.63, 3.8) is 0 Å². The third-order valence-corrected chi connectivity index (χ3v) is 2.54. The Labute approximate surface area is 89.8 Å². The van der Waals surface area contributed by atoms with Crippen molar-refractivity contribution in [3.8, 4) is 6.07 Å². The Morgan fingerprint density at radius 2 is 2.00 bits per heavy atom. The van der Waals surface area contributed by atoms with Crippen LogP contribution in [0.1, 0.15) is 6.92 Å². The lowest BCUT2D eigenvalue weighted by atomic mass is 9.92. The van der Waals surface area contributed by atoms with Crippen molar-refractivity contribution < 1.29 is 22.7 Å². The van der Waals surface area contributed by atoms with Crippen LogP contribution >= 0.6 is 11.6 Å². The zero-order valence-corrected chi connectivity index (χ0v) is 8.76. The van der Waals surface area contributed by atoms with Crippen molar-refractivity contribution in [2.75, 3.05) is 7.11 Å². The molecule has 0 rings (SSSR count). The molecule has 7 heteroatoms. The van der Waals surface area contributed by atoms with Crippen LogP contribution in [0, 0.1) is 23.2 Å². The summed E-state index contributed by atoms with van der Waals surface area (Å²) in [5.41, 5.74) is 0. The summed E-state index contributed by atoms with van der Waals surface area (Å²) in [4.78, 5) is 10.9. The molecule has 0 saturated carbocycles. The average molecular weight is 244 g/mol. The molecular weight excluding hydrogens is 235 g/mol. The lowest BCUT2D eigenvalue weighted by molar-refractivity contribution is -0.153. The van der Waals surface area contributed by atoms with E-state index in [9.17, 15) is 18.0 Å². The van der Waals surface area contributed by atoms with Crippen molar-refractivity contribution in [2.24, 2.45) is 11.8 Å². The number of halogens is 4. The molecule has 3 atom stereocenters. The second-order valence-corrected chi connectivity index (χ2v) is 3.40. The molecule has 0 amide bonds. The molecule has 15 heavy (non-hydrogen) atoms. The Kier molecular flexibility index (Phi) is 4.88. The molecule has 0 saturated heterocycles. The quantitative estimate of drug-likeness (QED) is 0.563. The minimum atomic E-state index is -4.65. The van der Waals surface area contributed by atoms with Crippen LogP contribution in [0.25, 0.3) is 0 Å². The van der Waals surface area contributed by atoms with Crippen LogP contribution in [-0.2, 0) is 9.53 Å². The second-order valence-electron chi connectivity index (χ2n) is 2.93. The fraction of sp³-hybridized carbons (Fsp3) is 0.750. The summed E-state index contributed by atoms with van der Waals surface area (Å²) in [5.74, 6) is -3.89. The zero-order valence-electron chi connectivity index (χ0n) is 8.01. The Hall–Kier alpha value is -0.960. The molecule has 3 nitrogen and oxygen atoms in total. The van der Waals surface area contributed by atoms with Gasteiger partial charge in [-0.2, -0.15) is 18.4 Å². The zero-order chi connectivity index (χ0) is 12.2. The third-order valence-electron chi connectivity index (χ3n) is 1.89. The van der Waals surface area contributed by atoms with E-state index in [4.69, 9.17) is 16.9 Å². The highest BCUT2D eigenvalue weighted by Crippen LogP contribution is 2.34. The molecule has 0 aliphatic heterocycles. The highest BCUT2D eigenvalue weighted by Gasteiger charge is 2.46. The van der Waals surface area contributed by atoms with Gasteiger partial charge in [0.2, 0.25) is 0 Å². The number of carbonyl (C=O) groups excluding carboxylic acids is 1. The van der Waals surface area contributed by atoms with Crippen LogP contribution in [-0.4, -0.2) is 24.6 Å². The van der Waals surface area contributed by atoms with Gasteiger partial charge in [0.1, 0.15) is 11.3 Å². The number of methoxy groups -OCH3 is 1. The Morgan fingerprint density at radius 1 is 1.53 bits per heavy atom. The Morgan fingerprint density at radius 3 is 2.27 bits per heavy atom. The highest BCUT2D eigenvalue weighted by atomic mass is 35.5. The third kappa shape index (κ3) is 3.59. The smallest absolute Gasteiger partial charge is 0.405 e. The van der Waals surface area contributed by atoms with Gasteiger partial charge in [-0.25, -0.2) is 0 Å². The largest absolute Gasteiger partial charge is 0.468 e. The molecule has 0 aromatic rings. The van der Waals surface area contributed by atoms with E-state index in [-0.39, 0.29) is 0 Å². The van der Waals surface area contributed by atoms with Gasteiger partial charge in [0.15, 0.2) is 0 Å². The van der Waals surface area contributed by atoms with Crippen molar-refractivity contribution in [1.29, 1.82) is 5.26 Å².